The molecule has 0 atom stereocenters. The number of benzene rings is 1. The lowest BCUT2D eigenvalue weighted by Gasteiger charge is -2.14. The fraction of sp³-hybridized carbons (Fsp3) is 0.263. The summed E-state index contributed by atoms with van der Waals surface area (Å²) >= 11 is 1.18. The number of likely N-dealkylation sites (N-methyl/N-ethyl adjacent to an activating group) is 1. The lowest BCUT2D eigenvalue weighted by molar-refractivity contribution is -0.129. The van der Waals surface area contributed by atoms with Gasteiger partial charge in [-0.25, -0.2) is 9.59 Å². The number of thiophene rings is 1. The molecule has 28 heavy (non-hydrogen) atoms. The molecule has 3 rings (SSSR count). The number of carbonyl (C=O) groups is 4. The van der Waals surface area contributed by atoms with Gasteiger partial charge in [0.2, 0.25) is 5.91 Å². The summed E-state index contributed by atoms with van der Waals surface area (Å²) in [6.45, 7) is 1.42. The molecule has 0 unspecified atom stereocenters. The van der Waals surface area contributed by atoms with Crippen LogP contribution in [0.25, 0.3) is 11.1 Å². The van der Waals surface area contributed by atoms with E-state index >= 15 is 0 Å². The van der Waals surface area contributed by atoms with Crippen LogP contribution in [0.4, 0.5) is 9.80 Å². The fourth-order valence-electron chi connectivity index (χ4n) is 2.82. The highest BCUT2D eigenvalue weighted by Gasteiger charge is 2.35. The van der Waals surface area contributed by atoms with Crippen molar-refractivity contribution in [1.29, 1.82) is 0 Å². The van der Waals surface area contributed by atoms with Crippen LogP contribution in [0.2, 0.25) is 0 Å². The molecule has 2 aromatic rings. The van der Waals surface area contributed by atoms with Crippen LogP contribution in [0.5, 0.6) is 0 Å². The molecule has 1 aliphatic heterocycles. The van der Waals surface area contributed by atoms with Crippen LogP contribution in [0.15, 0.2) is 35.7 Å². The molecule has 9 heteroatoms. The van der Waals surface area contributed by atoms with Crippen molar-refractivity contribution in [3.63, 3.8) is 0 Å². The van der Waals surface area contributed by atoms with E-state index in [9.17, 15) is 19.2 Å². The highest BCUT2D eigenvalue weighted by atomic mass is 32.1. The second-order valence-electron chi connectivity index (χ2n) is 6.11. The summed E-state index contributed by atoms with van der Waals surface area (Å²) in [5.74, 6) is -1.56. The Kier molecular flexibility index (Phi) is 5.74. The third kappa shape index (κ3) is 3.89. The van der Waals surface area contributed by atoms with Crippen LogP contribution in [-0.2, 0) is 14.3 Å². The van der Waals surface area contributed by atoms with Crippen molar-refractivity contribution in [2.75, 3.05) is 32.1 Å². The standard InChI is InChI=1S/C19H19N3O5S/c1-3-27-18(25)16-13(12-7-5-4-6-8-12)11-28-17(16)20-14(23)9-22-15(24)10-21(2)19(22)26/h4-8,11H,3,9-10H2,1-2H3,(H,20,23). The minimum absolute atomic E-state index is 0.0582. The smallest absolute Gasteiger partial charge is 0.341 e. The van der Waals surface area contributed by atoms with Gasteiger partial charge in [-0.3, -0.25) is 14.5 Å². The summed E-state index contributed by atoms with van der Waals surface area (Å²) in [5.41, 5.74) is 1.71. The zero-order valence-electron chi connectivity index (χ0n) is 15.4. The van der Waals surface area contributed by atoms with E-state index in [1.165, 1.54) is 23.3 Å². The van der Waals surface area contributed by atoms with Gasteiger partial charge in [0, 0.05) is 18.0 Å². The van der Waals surface area contributed by atoms with Gasteiger partial charge in [-0.15, -0.1) is 11.3 Å². The molecule has 146 valence electrons. The van der Waals surface area contributed by atoms with Crippen molar-refractivity contribution >= 4 is 40.2 Å². The van der Waals surface area contributed by atoms with Crippen molar-refractivity contribution in [3.8, 4) is 11.1 Å². The summed E-state index contributed by atoms with van der Waals surface area (Å²) in [7, 11) is 1.49. The Morgan fingerprint density at radius 2 is 1.93 bits per heavy atom. The molecule has 0 bridgehead atoms. The number of imide groups is 1. The molecule has 1 fully saturated rings. The number of urea groups is 1. The molecule has 1 aliphatic rings. The van der Waals surface area contributed by atoms with E-state index in [1.807, 2.05) is 30.3 Å². The van der Waals surface area contributed by atoms with Gasteiger partial charge < -0.3 is 15.0 Å². The van der Waals surface area contributed by atoms with Gasteiger partial charge in [-0.2, -0.15) is 0 Å². The summed E-state index contributed by atoms with van der Waals surface area (Å²) in [4.78, 5) is 50.8. The first-order chi connectivity index (χ1) is 13.4. The van der Waals surface area contributed by atoms with Crippen LogP contribution < -0.4 is 5.32 Å². The van der Waals surface area contributed by atoms with Crippen molar-refractivity contribution < 1.29 is 23.9 Å². The van der Waals surface area contributed by atoms with Crippen LogP contribution >= 0.6 is 11.3 Å². The first kappa shape index (κ1) is 19.6. The number of ether oxygens (including phenoxy) is 1. The van der Waals surface area contributed by atoms with Gasteiger partial charge in [0.15, 0.2) is 0 Å². The minimum Gasteiger partial charge on any atom is -0.462 e. The maximum absolute atomic E-state index is 12.5. The number of hydrogen-bond acceptors (Lipinski definition) is 6. The quantitative estimate of drug-likeness (QED) is 0.592. The van der Waals surface area contributed by atoms with E-state index in [0.29, 0.717) is 10.6 Å². The van der Waals surface area contributed by atoms with Gasteiger partial charge in [0.05, 0.1) is 6.61 Å². The molecular weight excluding hydrogens is 382 g/mol. The lowest BCUT2D eigenvalue weighted by Crippen LogP contribution is -2.38. The predicted molar refractivity (Wildman–Crippen MR) is 104 cm³/mol. The number of carbonyl (C=O) groups excluding carboxylic acids is 4. The van der Waals surface area contributed by atoms with Gasteiger partial charge >= 0.3 is 12.0 Å². The maximum atomic E-state index is 12.5. The molecule has 1 N–H and O–H groups in total. The second kappa shape index (κ2) is 8.22. The number of nitrogens with one attached hydrogen (secondary N) is 1. The zero-order chi connectivity index (χ0) is 20.3. The molecule has 1 saturated heterocycles. The fourth-order valence-corrected chi connectivity index (χ4v) is 3.79. The first-order valence-corrected chi connectivity index (χ1v) is 9.49. The molecule has 0 radical (unpaired) electrons. The molecular formula is C19H19N3O5S. The Labute approximate surface area is 165 Å². The Morgan fingerprint density at radius 3 is 2.54 bits per heavy atom. The molecule has 1 aromatic heterocycles. The highest BCUT2D eigenvalue weighted by Crippen LogP contribution is 2.36. The van der Waals surface area contributed by atoms with E-state index in [1.54, 1.807) is 12.3 Å². The van der Waals surface area contributed by atoms with Crippen molar-refractivity contribution in [2.24, 2.45) is 0 Å². The molecule has 0 saturated carbocycles. The van der Waals surface area contributed by atoms with E-state index in [4.69, 9.17) is 4.74 Å². The number of nitrogens with zero attached hydrogens (tertiary/aromatic N) is 2. The average Bonchev–Trinajstić information content (AvgIpc) is 3.19. The number of hydrogen-bond donors (Lipinski definition) is 1. The number of rotatable bonds is 6. The normalized spacial score (nSPS) is 13.8. The predicted octanol–water partition coefficient (Wildman–Crippen LogP) is 2.42. The second-order valence-corrected chi connectivity index (χ2v) is 6.99. The topological polar surface area (TPSA) is 96.0 Å². The Balaban J connectivity index is 1.84. The van der Waals surface area contributed by atoms with Crippen molar-refractivity contribution in [1.82, 2.24) is 9.80 Å². The van der Waals surface area contributed by atoms with Crippen molar-refractivity contribution in [3.05, 3.63) is 41.3 Å². The van der Waals surface area contributed by atoms with E-state index < -0.39 is 30.4 Å². The Hall–Kier alpha value is -3.20. The monoisotopic (exact) mass is 401 g/mol. The van der Waals surface area contributed by atoms with E-state index in [-0.39, 0.29) is 18.7 Å². The number of amides is 4. The SMILES string of the molecule is CCOC(=O)c1c(-c2ccccc2)csc1NC(=O)CN1C(=O)CN(C)C1=O. The van der Waals surface area contributed by atoms with Crippen LogP contribution in [0.3, 0.4) is 0 Å². The lowest BCUT2D eigenvalue weighted by atomic mass is 10.0. The third-order valence-corrected chi connectivity index (χ3v) is 5.04. The summed E-state index contributed by atoms with van der Waals surface area (Å²) in [6, 6.07) is 8.75. The zero-order valence-corrected chi connectivity index (χ0v) is 16.2. The molecule has 4 amide bonds. The van der Waals surface area contributed by atoms with Gasteiger partial charge in [-0.05, 0) is 12.5 Å². The summed E-state index contributed by atoms with van der Waals surface area (Å²) in [6.07, 6.45) is 0. The molecule has 2 heterocycles. The molecule has 0 aliphatic carbocycles. The largest absolute Gasteiger partial charge is 0.462 e. The molecule has 8 nitrogen and oxygen atoms in total. The van der Waals surface area contributed by atoms with Crippen LogP contribution in [0, 0.1) is 0 Å². The highest BCUT2D eigenvalue weighted by molar-refractivity contribution is 7.15. The minimum atomic E-state index is -0.566. The van der Waals surface area contributed by atoms with Gasteiger partial charge in [0.1, 0.15) is 23.7 Å². The van der Waals surface area contributed by atoms with E-state index in [2.05, 4.69) is 5.32 Å². The van der Waals surface area contributed by atoms with Gasteiger partial charge in [0.25, 0.3) is 5.91 Å². The van der Waals surface area contributed by atoms with Crippen LogP contribution in [0.1, 0.15) is 17.3 Å². The summed E-state index contributed by atoms with van der Waals surface area (Å²) in [5, 5.41) is 4.71. The molecule has 1 aromatic carbocycles. The third-order valence-electron chi connectivity index (χ3n) is 4.14. The number of esters is 1. The number of anilines is 1. The summed E-state index contributed by atoms with van der Waals surface area (Å²) < 4.78 is 5.14. The Bertz CT molecular complexity index is 925. The van der Waals surface area contributed by atoms with Crippen molar-refractivity contribution in [2.45, 2.75) is 6.92 Å². The molecule has 0 spiro atoms. The Morgan fingerprint density at radius 1 is 1.21 bits per heavy atom. The van der Waals surface area contributed by atoms with Crippen LogP contribution in [-0.4, -0.2) is 60.4 Å². The average molecular weight is 401 g/mol. The first-order valence-electron chi connectivity index (χ1n) is 8.61. The van der Waals surface area contributed by atoms with E-state index in [0.717, 1.165) is 10.5 Å². The van der Waals surface area contributed by atoms with Gasteiger partial charge in [-0.1, -0.05) is 30.3 Å². The maximum Gasteiger partial charge on any atom is 0.341 e.